The second kappa shape index (κ2) is 10.1. The van der Waals surface area contributed by atoms with Crippen molar-refractivity contribution in [2.45, 2.75) is 58.2 Å². The Morgan fingerprint density at radius 2 is 2.00 bits per heavy atom. The van der Waals surface area contributed by atoms with Crippen LogP contribution in [-0.4, -0.2) is 32.7 Å². The Bertz CT molecular complexity index is 144. The Labute approximate surface area is 99.5 Å². The first-order valence-electron chi connectivity index (χ1n) is 6.74. The summed E-state index contributed by atoms with van der Waals surface area (Å²) in [5.41, 5.74) is 0. The molecule has 0 spiro atoms. The number of ether oxygens (including phenoxy) is 3. The lowest BCUT2D eigenvalue weighted by Crippen LogP contribution is -2.24. The van der Waals surface area contributed by atoms with Crippen molar-refractivity contribution >= 4 is 0 Å². The number of rotatable bonds is 9. The first-order chi connectivity index (χ1) is 7.93. The molecule has 3 heteroatoms. The van der Waals surface area contributed by atoms with Gasteiger partial charge in [-0.1, -0.05) is 26.2 Å². The van der Waals surface area contributed by atoms with Crippen LogP contribution in [0.3, 0.4) is 0 Å². The van der Waals surface area contributed by atoms with E-state index < -0.39 is 0 Å². The third kappa shape index (κ3) is 7.20. The smallest absolute Gasteiger partial charge is 0.157 e. The van der Waals surface area contributed by atoms with Crippen molar-refractivity contribution in [1.29, 1.82) is 0 Å². The molecule has 0 aromatic heterocycles. The van der Waals surface area contributed by atoms with E-state index in [0.717, 1.165) is 19.6 Å². The summed E-state index contributed by atoms with van der Waals surface area (Å²) in [6.07, 6.45) is 8.51. The first-order valence-corrected chi connectivity index (χ1v) is 6.74. The van der Waals surface area contributed by atoms with Crippen LogP contribution >= 0.6 is 0 Å². The molecule has 0 amide bonds. The maximum atomic E-state index is 5.56. The Kier molecular flexibility index (Phi) is 8.77. The summed E-state index contributed by atoms with van der Waals surface area (Å²) < 4.78 is 16.5. The van der Waals surface area contributed by atoms with Gasteiger partial charge in [0, 0.05) is 13.2 Å². The number of hydrogen-bond donors (Lipinski definition) is 0. The lowest BCUT2D eigenvalue weighted by Gasteiger charge is -2.22. The van der Waals surface area contributed by atoms with Crippen molar-refractivity contribution in [1.82, 2.24) is 0 Å². The van der Waals surface area contributed by atoms with Crippen molar-refractivity contribution in [2.24, 2.45) is 0 Å². The predicted octanol–water partition coefficient (Wildman–Crippen LogP) is 3.13. The normalized spacial score (nSPS) is 21.2. The molecule has 0 aromatic rings. The second-order valence-electron chi connectivity index (χ2n) is 4.34. The fourth-order valence-corrected chi connectivity index (χ4v) is 1.81. The summed E-state index contributed by atoms with van der Waals surface area (Å²) in [4.78, 5) is 0. The minimum atomic E-state index is 0.0254. The molecule has 1 aliphatic heterocycles. The molecule has 0 aromatic carbocycles. The van der Waals surface area contributed by atoms with Crippen molar-refractivity contribution < 1.29 is 14.2 Å². The molecule has 0 N–H and O–H groups in total. The molecule has 96 valence electrons. The van der Waals surface area contributed by atoms with E-state index in [1.807, 2.05) is 0 Å². The molecule has 1 unspecified atom stereocenters. The average Bonchev–Trinajstić information content (AvgIpc) is 2.34. The molecular formula is C13H26O3. The van der Waals surface area contributed by atoms with Crippen molar-refractivity contribution in [2.75, 3.05) is 26.4 Å². The van der Waals surface area contributed by atoms with Crippen LogP contribution in [0.1, 0.15) is 51.9 Å². The molecule has 1 aliphatic rings. The van der Waals surface area contributed by atoms with Gasteiger partial charge in [0.05, 0.1) is 13.2 Å². The average molecular weight is 230 g/mol. The van der Waals surface area contributed by atoms with Crippen LogP contribution in [-0.2, 0) is 14.2 Å². The minimum Gasteiger partial charge on any atom is -0.379 e. The van der Waals surface area contributed by atoms with E-state index in [9.17, 15) is 0 Å². The number of unbranched alkanes of at least 4 members (excludes halogenated alkanes) is 3. The summed E-state index contributed by atoms with van der Waals surface area (Å²) in [6, 6.07) is 0. The van der Waals surface area contributed by atoms with Crippen LogP contribution in [0.2, 0.25) is 0 Å². The highest BCUT2D eigenvalue weighted by atomic mass is 16.7. The molecule has 1 heterocycles. The molecule has 16 heavy (non-hydrogen) atoms. The van der Waals surface area contributed by atoms with Gasteiger partial charge < -0.3 is 14.2 Å². The zero-order valence-electron chi connectivity index (χ0n) is 10.6. The van der Waals surface area contributed by atoms with Crippen molar-refractivity contribution in [3.63, 3.8) is 0 Å². The van der Waals surface area contributed by atoms with Gasteiger partial charge in [0.25, 0.3) is 0 Å². The summed E-state index contributed by atoms with van der Waals surface area (Å²) in [5, 5.41) is 0. The van der Waals surface area contributed by atoms with E-state index in [1.165, 1.54) is 38.5 Å². The van der Waals surface area contributed by atoms with Gasteiger partial charge in [-0.15, -0.1) is 0 Å². The van der Waals surface area contributed by atoms with Gasteiger partial charge in [-0.05, 0) is 25.7 Å². The third-order valence-corrected chi connectivity index (χ3v) is 2.81. The lowest BCUT2D eigenvalue weighted by molar-refractivity contribution is -0.169. The van der Waals surface area contributed by atoms with Crippen molar-refractivity contribution in [3.05, 3.63) is 0 Å². The fourth-order valence-electron chi connectivity index (χ4n) is 1.81. The largest absolute Gasteiger partial charge is 0.379 e. The quantitative estimate of drug-likeness (QED) is 0.570. The van der Waals surface area contributed by atoms with Crippen LogP contribution in [0, 0.1) is 0 Å². The van der Waals surface area contributed by atoms with Gasteiger partial charge >= 0.3 is 0 Å². The zero-order valence-corrected chi connectivity index (χ0v) is 10.6. The Hall–Kier alpha value is -0.120. The summed E-state index contributed by atoms with van der Waals surface area (Å²) in [6.45, 7) is 5.31. The van der Waals surface area contributed by atoms with Gasteiger partial charge in [-0.2, -0.15) is 0 Å². The van der Waals surface area contributed by atoms with Crippen LogP contribution in [0.15, 0.2) is 0 Å². The van der Waals surface area contributed by atoms with Crippen LogP contribution in [0.4, 0.5) is 0 Å². The van der Waals surface area contributed by atoms with E-state index in [2.05, 4.69) is 6.92 Å². The van der Waals surface area contributed by atoms with E-state index in [0.29, 0.717) is 13.2 Å². The van der Waals surface area contributed by atoms with E-state index >= 15 is 0 Å². The number of hydrogen-bond acceptors (Lipinski definition) is 3. The first kappa shape index (κ1) is 13.9. The van der Waals surface area contributed by atoms with E-state index in [-0.39, 0.29) is 6.29 Å². The SMILES string of the molecule is CCCCCCOCCOC1CCCCO1. The molecule has 1 saturated heterocycles. The Morgan fingerprint density at radius 3 is 2.75 bits per heavy atom. The fraction of sp³-hybridized carbons (Fsp3) is 1.00. The van der Waals surface area contributed by atoms with E-state index in [4.69, 9.17) is 14.2 Å². The highest BCUT2D eigenvalue weighted by Crippen LogP contribution is 2.13. The van der Waals surface area contributed by atoms with Gasteiger partial charge in [-0.3, -0.25) is 0 Å². The topological polar surface area (TPSA) is 27.7 Å². The molecule has 0 bridgehead atoms. The van der Waals surface area contributed by atoms with Crippen LogP contribution in [0.25, 0.3) is 0 Å². The molecular weight excluding hydrogens is 204 g/mol. The second-order valence-corrected chi connectivity index (χ2v) is 4.34. The predicted molar refractivity (Wildman–Crippen MR) is 64.5 cm³/mol. The molecule has 1 atom stereocenters. The summed E-state index contributed by atoms with van der Waals surface area (Å²) in [5.74, 6) is 0. The monoisotopic (exact) mass is 230 g/mol. The van der Waals surface area contributed by atoms with Gasteiger partial charge in [0.2, 0.25) is 0 Å². The van der Waals surface area contributed by atoms with Crippen LogP contribution in [0.5, 0.6) is 0 Å². The van der Waals surface area contributed by atoms with Crippen LogP contribution < -0.4 is 0 Å². The van der Waals surface area contributed by atoms with Gasteiger partial charge in [0.1, 0.15) is 0 Å². The third-order valence-electron chi connectivity index (χ3n) is 2.81. The maximum Gasteiger partial charge on any atom is 0.157 e. The molecule has 1 fully saturated rings. The van der Waals surface area contributed by atoms with Gasteiger partial charge in [0.15, 0.2) is 6.29 Å². The highest BCUT2D eigenvalue weighted by Gasteiger charge is 2.13. The van der Waals surface area contributed by atoms with E-state index in [1.54, 1.807) is 0 Å². The maximum absolute atomic E-state index is 5.56. The molecule has 1 rings (SSSR count). The molecule has 0 aliphatic carbocycles. The zero-order chi connectivity index (χ0) is 11.5. The molecule has 0 saturated carbocycles. The summed E-state index contributed by atoms with van der Waals surface area (Å²) >= 11 is 0. The van der Waals surface area contributed by atoms with Gasteiger partial charge in [-0.25, -0.2) is 0 Å². The molecule has 0 radical (unpaired) electrons. The highest BCUT2D eigenvalue weighted by molar-refractivity contribution is 4.53. The standard InChI is InChI=1S/C13H26O3/c1-2-3-4-6-9-14-11-12-16-13-8-5-7-10-15-13/h13H,2-12H2,1H3. The Balaban J connectivity index is 1.77. The minimum absolute atomic E-state index is 0.0254. The lowest BCUT2D eigenvalue weighted by atomic mass is 10.2. The van der Waals surface area contributed by atoms with Crippen molar-refractivity contribution in [3.8, 4) is 0 Å². The molecule has 3 nitrogen and oxygen atoms in total. The Morgan fingerprint density at radius 1 is 1.06 bits per heavy atom. The summed E-state index contributed by atoms with van der Waals surface area (Å²) in [7, 11) is 0.